The summed E-state index contributed by atoms with van der Waals surface area (Å²) in [6, 6.07) is 8.49. The van der Waals surface area contributed by atoms with Gasteiger partial charge >= 0.3 is 0 Å². The van der Waals surface area contributed by atoms with E-state index >= 15 is 0 Å². The van der Waals surface area contributed by atoms with Gasteiger partial charge in [0, 0.05) is 15.4 Å². The first-order chi connectivity index (χ1) is 7.41. The van der Waals surface area contributed by atoms with Gasteiger partial charge in [0.05, 0.1) is 13.2 Å². The predicted octanol–water partition coefficient (Wildman–Crippen LogP) is 2.84. The molecule has 16 heavy (non-hydrogen) atoms. The molecule has 1 aromatic carbocycles. The highest BCUT2D eigenvalue weighted by molar-refractivity contribution is 9.10. The van der Waals surface area contributed by atoms with Crippen LogP contribution in [0.5, 0.6) is 0 Å². The zero-order valence-electron chi connectivity index (χ0n) is 9.79. The van der Waals surface area contributed by atoms with Crippen LogP contribution >= 0.6 is 15.9 Å². The first-order valence-electron chi connectivity index (χ1n) is 5.54. The van der Waals surface area contributed by atoms with Crippen molar-refractivity contribution in [2.24, 2.45) is 5.73 Å². The second kappa shape index (κ2) is 4.13. The highest BCUT2D eigenvalue weighted by Gasteiger charge is 2.43. The van der Waals surface area contributed by atoms with Gasteiger partial charge in [0.1, 0.15) is 0 Å². The summed E-state index contributed by atoms with van der Waals surface area (Å²) < 4.78 is 6.51. The van der Waals surface area contributed by atoms with Gasteiger partial charge in [0.25, 0.3) is 0 Å². The molecule has 0 aromatic heterocycles. The minimum atomic E-state index is -0.156. The van der Waals surface area contributed by atoms with Gasteiger partial charge in [-0.15, -0.1) is 0 Å². The average molecular weight is 284 g/mol. The minimum absolute atomic E-state index is 0.124. The van der Waals surface area contributed by atoms with Crippen LogP contribution < -0.4 is 5.73 Å². The number of benzene rings is 1. The van der Waals surface area contributed by atoms with E-state index in [0.29, 0.717) is 0 Å². The Hall–Kier alpha value is -0.380. The molecule has 0 atom stereocenters. The van der Waals surface area contributed by atoms with E-state index in [4.69, 9.17) is 10.5 Å². The van der Waals surface area contributed by atoms with E-state index in [9.17, 15) is 0 Å². The molecule has 3 heteroatoms. The van der Waals surface area contributed by atoms with E-state index in [1.165, 1.54) is 5.56 Å². The second-order valence-electron chi connectivity index (χ2n) is 5.45. The molecule has 2 rings (SSSR count). The normalized spacial score (nSPS) is 19.2. The molecule has 1 aliphatic rings. The third-order valence-corrected chi connectivity index (χ3v) is 3.54. The van der Waals surface area contributed by atoms with Gasteiger partial charge in [-0.05, 0) is 38.0 Å². The van der Waals surface area contributed by atoms with Gasteiger partial charge < -0.3 is 10.5 Å². The fourth-order valence-electron chi connectivity index (χ4n) is 2.39. The standard InChI is InChI=1S/C13H18BrNO/c1-12(2,15)7-13(8-16-9-13)10-3-5-11(14)6-4-10/h3-6H,7-9,15H2,1-2H3. The fraction of sp³-hybridized carbons (Fsp3) is 0.538. The molecule has 0 spiro atoms. The SMILES string of the molecule is CC(C)(N)CC1(c2ccc(Br)cc2)COC1. The molecular weight excluding hydrogens is 266 g/mol. The monoisotopic (exact) mass is 283 g/mol. The second-order valence-corrected chi connectivity index (χ2v) is 6.36. The van der Waals surface area contributed by atoms with Gasteiger partial charge in [0.2, 0.25) is 0 Å². The van der Waals surface area contributed by atoms with Crippen molar-refractivity contribution in [3.8, 4) is 0 Å². The maximum atomic E-state index is 6.13. The summed E-state index contributed by atoms with van der Waals surface area (Å²) in [5.74, 6) is 0. The van der Waals surface area contributed by atoms with Crippen LogP contribution in [0.4, 0.5) is 0 Å². The molecule has 1 aromatic rings. The van der Waals surface area contributed by atoms with Crippen molar-refractivity contribution in [1.82, 2.24) is 0 Å². The number of halogens is 1. The fourth-order valence-corrected chi connectivity index (χ4v) is 2.66. The lowest BCUT2D eigenvalue weighted by molar-refractivity contribution is -0.0719. The molecule has 0 aliphatic carbocycles. The molecule has 1 aliphatic heterocycles. The van der Waals surface area contributed by atoms with Gasteiger partial charge in [0.15, 0.2) is 0 Å². The van der Waals surface area contributed by atoms with Gasteiger partial charge in [-0.3, -0.25) is 0 Å². The van der Waals surface area contributed by atoms with Crippen LogP contribution in [0, 0.1) is 0 Å². The highest BCUT2D eigenvalue weighted by atomic mass is 79.9. The number of hydrogen-bond donors (Lipinski definition) is 1. The predicted molar refractivity (Wildman–Crippen MR) is 69.5 cm³/mol. The Balaban J connectivity index is 2.24. The summed E-state index contributed by atoms with van der Waals surface area (Å²) >= 11 is 3.46. The maximum absolute atomic E-state index is 6.13. The minimum Gasteiger partial charge on any atom is -0.379 e. The molecule has 1 saturated heterocycles. The third-order valence-electron chi connectivity index (χ3n) is 3.01. The zero-order chi connectivity index (χ0) is 11.8. The van der Waals surface area contributed by atoms with E-state index in [-0.39, 0.29) is 11.0 Å². The summed E-state index contributed by atoms with van der Waals surface area (Å²) in [6.45, 7) is 5.72. The number of rotatable bonds is 3. The van der Waals surface area contributed by atoms with Gasteiger partial charge in [-0.1, -0.05) is 28.1 Å². The Morgan fingerprint density at radius 1 is 1.31 bits per heavy atom. The van der Waals surface area contributed by atoms with E-state index in [1.54, 1.807) is 0 Å². The van der Waals surface area contributed by atoms with Crippen LogP contribution in [0.15, 0.2) is 28.7 Å². The van der Waals surface area contributed by atoms with Crippen molar-refractivity contribution < 1.29 is 4.74 Å². The molecular formula is C13H18BrNO. The Kier molecular flexibility index (Phi) is 3.12. The molecule has 2 N–H and O–H groups in total. The van der Waals surface area contributed by atoms with E-state index in [1.807, 2.05) is 0 Å². The molecule has 0 unspecified atom stereocenters. The Bertz CT molecular complexity index is 363. The van der Waals surface area contributed by atoms with Crippen LogP contribution in [0.25, 0.3) is 0 Å². The van der Waals surface area contributed by atoms with Crippen LogP contribution in [-0.2, 0) is 10.2 Å². The van der Waals surface area contributed by atoms with Crippen molar-refractivity contribution in [2.45, 2.75) is 31.2 Å². The van der Waals surface area contributed by atoms with Crippen LogP contribution in [0.2, 0.25) is 0 Å². The highest BCUT2D eigenvalue weighted by Crippen LogP contribution is 2.39. The first-order valence-corrected chi connectivity index (χ1v) is 6.33. The van der Waals surface area contributed by atoms with Crippen LogP contribution in [-0.4, -0.2) is 18.8 Å². The lowest BCUT2D eigenvalue weighted by atomic mass is 9.71. The number of hydrogen-bond acceptors (Lipinski definition) is 2. The summed E-state index contributed by atoms with van der Waals surface area (Å²) in [6.07, 6.45) is 0.960. The summed E-state index contributed by atoms with van der Waals surface area (Å²) in [5, 5.41) is 0. The molecule has 0 amide bonds. The molecule has 0 radical (unpaired) electrons. The van der Waals surface area contributed by atoms with Crippen molar-refractivity contribution >= 4 is 15.9 Å². The number of nitrogens with two attached hydrogens (primary N) is 1. The Labute approximate surface area is 105 Å². The third kappa shape index (κ3) is 2.47. The Morgan fingerprint density at radius 3 is 2.25 bits per heavy atom. The topological polar surface area (TPSA) is 35.2 Å². The van der Waals surface area contributed by atoms with Crippen LogP contribution in [0.1, 0.15) is 25.8 Å². The molecule has 1 fully saturated rings. The van der Waals surface area contributed by atoms with Crippen molar-refractivity contribution in [3.05, 3.63) is 34.3 Å². The zero-order valence-corrected chi connectivity index (χ0v) is 11.4. The van der Waals surface area contributed by atoms with Gasteiger partial charge in [-0.25, -0.2) is 0 Å². The van der Waals surface area contributed by atoms with Crippen molar-refractivity contribution in [2.75, 3.05) is 13.2 Å². The molecule has 0 bridgehead atoms. The smallest absolute Gasteiger partial charge is 0.0586 e. The molecule has 88 valence electrons. The van der Waals surface area contributed by atoms with Crippen molar-refractivity contribution in [3.63, 3.8) is 0 Å². The average Bonchev–Trinajstić information content (AvgIpc) is 2.11. The number of ether oxygens (including phenoxy) is 1. The summed E-state index contributed by atoms with van der Waals surface area (Å²) in [5.41, 5.74) is 7.44. The lowest BCUT2D eigenvalue weighted by Crippen LogP contribution is -2.53. The summed E-state index contributed by atoms with van der Waals surface area (Å²) in [7, 11) is 0. The molecule has 0 saturated carbocycles. The molecule has 2 nitrogen and oxygen atoms in total. The first kappa shape index (κ1) is 12.1. The van der Waals surface area contributed by atoms with E-state index < -0.39 is 0 Å². The lowest BCUT2D eigenvalue weighted by Gasteiger charge is -2.45. The largest absolute Gasteiger partial charge is 0.379 e. The van der Waals surface area contributed by atoms with E-state index in [2.05, 4.69) is 54.0 Å². The summed E-state index contributed by atoms with van der Waals surface area (Å²) in [4.78, 5) is 0. The van der Waals surface area contributed by atoms with Gasteiger partial charge in [-0.2, -0.15) is 0 Å². The van der Waals surface area contributed by atoms with Crippen molar-refractivity contribution in [1.29, 1.82) is 0 Å². The quantitative estimate of drug-likeness (QED) is 0.926. The maximum Gasteiger partial charge on any atom is 0.0586 e. The Morgan fingerprint density at radius 2 is 1.88 bits per heavy atom. The van der Waals surface area contributed by atoms with E-state index in [0.717, 1.165) is 24.1 Å². The molecule has 1 heterocycles. The van der Waals surface area contributed by atoms with Crippen LogP contribution in [0.3, 0.4) is 0 Å².